The highest BCUT2D eigenvalue weighted by molar-refractivity contribution is 5.11. The summed E-state index contributed by atoms with van der Waals surface area (Å²) in [7, 11) is 0. The summed E-state index contributed by atoms with van der Waals surface area (Å²) >= 11 is 0. The molecule has 0 aromatic heterocycles. The summed E-state index contributed by atoms with van der Waals surface area (Å²) in [6.07, 6.45) is 5.91. The number of nitrogens with two attached hydrogens (primary N) is 1. The summed E-state index contributed by atoms with van der Waals surface area (Å²) < 4.78 is 0. The van der Waals surface area contributed by atoms with Gasteiger partial charge in [0, 0.05) is 5.54 Å². The fourth-order valence-electron chi connectivity index (χ4n) is 4.71. The van der Waals surface area contributed by atoms with Crippen LogP contribution < -0.4 is 5.73 Å². The minimum Gasteiger partial charge on any atom is -0.325 e. The maximum Gasteiger partial charge on any atom is 0.0185 e. The molecule has 3 rings (SSSR count). The number of hydrogen-bond donors (Lipinski definition) is 1. The van der Waals surface area contributed by atoms with Crippen molar-refractivity contribution in [3.63, 3.8) is 0 Å². The van der Waals surface area contributed by atoms with Gasteiger partial charge in [-0.25, -0.2) is 0 Å². The molecule has 0 aromatic carbocycles. The Bertz CT molecular complexity index is 233. The lowest BCUT2D eigenvalue weighted by Gasteiger charge is -2.36. The van der Waals surface area contributed by atoms with Gasteiger partial charge in [-0.3, -0.25) is 0 Å². The van der Waals surface area contributed by atoms with Crippen molar-refractivity contribution < 1.29 is 0 Å². The van der Waals surface area contributed by atoms with Gasteiger partial charge >= 0.3 is 0 Å². The van der Waals surface area contributed by atoms with E-state index in [0.29, 0.717) is 0 Å². The lowest BCUT2D eigenvalue weighted by molar-refractivity contribution is 0.184. The van der Waals surface area contributed by atoms with Crippen LogP contribution in [0.25, 0.3) is 0 Å². The second-order valence-electron chi connectivity index (χ2n) is 6.03. The van der Waals surface area contributed by atoms with Crippen LogP contribution in [0.4, 0.5) is 0 Å². The van der Waals surface area contributed by atoms with E-state index in [0.717, 1.165) is 29.6 Å². The van der Waals surface area contributed by atoms with Crippen LogP contribution in [-0.4, -0.2) is 5.54 Å². The second-order valence-corrected chi connectivity index (χ2v) is 6.03. The highest BCUT2D eigenvalue weighted by Crippen LogP contribution is 2.62. The molecule has 0 heterocycles. The molecule has 74 valence electrons. The smallest absolute Gasteiger partial charge is 0.0185 e. The average molecular weight is 179 g/mol. The predicted octanol–water partition coefficient (Wildman–Crippen LogP) is 2.41. The Balaban J connectivity index is 1.96. The fraction of sp³-hybridized carbons (Fsp3) is 1.00. The summed E-state index contributed by atoms with van der Waals surface area (Å²) in [5, 5.41) is 0. The molecular weight excluding hydrogens is 158 g/mol. The van der Waals surface area contributed by atoms with Crippen molar-refractivity contribution >= 4 is 0 Å². The van der Waals surface area contributed by atoms with Crippen LogP contribution in [0.1, 0.15) is 39.5 Å². The second kappa shape index (κ2) is 2.31. The van der Waals surface area contributed by atoms with Crippen molar-refractivity contribution in [3.8, 4) is 0 Å². The monoisotopic (exact) mass is 179 g/mol. The highest BCUT2D eigenvalue weighted by atomic mass is 14.8. The molecule has 3 fully saturated rings. The molecule has 3 aliphatic carbocycles. The quantitative estimate of drug-likeness (QED) is 0.607. The zero-order chi connectivity index (χ0) is 9.22. The topological polar surface area (TPSA) is 26.0 Å². The van der Waals surface area contributed by atoms with Crippen molar-refractivity contribution in [1.82, 2.24) is 0 Å². The van der Waals surface area contributed by atoms with E-state index in [-0.39, 0.29) is 5.54 Å². The summed E-state index contributed by atoms with van der Waals surface area (Å²) in [4.78, 5) is 0. The Kier molecular flexibility index (Phi) is 1.47. The van der Waals surface area contributed by atoms with Gasteiger partial charge in [-0.15, -0.1) is 0 Å². The van der Waals surface area contributed by atoms with E-state index in [4.69, 9.17) is 5.73 Å². The maximum absolute atomic E-state index is 6.49. The molecule has 6 unspecified atom stereocenters. The van der Waals surface area contributed by atoms with Crippen LogP contribution in [0.2, 0.25) is 0 Å². The van der Waals surface area contributed by atoms with Crippen LogP contribution >= 0.6 is 0 Å². The van der Waals surface area contributed by atoms with Crippen LogP contribution in [0.3, 0.4) is 0 Å². The molecule has 0 radical (unpaired) electrons. The molecule has 1 nitrogen and oxygen atoms in total. The third kappa shape index (κ3) is 0.869. The van der Waals surface area contributed by atoms with Gasteiger partial charge in [0.25, 0.3) is 0 Å². The molecule has 13 heavy (non-hydrogen) atoms. The van der Waals surface area contributed by atoms with Gasteiger partial charge in [0.15, 0.2) is 0 Å². The number of fused-ring (bicyclic) bond motifs is 5. The van der Waals surface area contributed by atoms with Crippen molar-refractivity contribution in [1.29, 1.82) is 0 Å². The molecule has 0 aliphatic heterocycles. The first-order valence-electron chi connectivity index (χ1n) is 5.89. The molecule has 3 aliphatic rings. The minimum atomic E-state index is 0.157. The van der Waals surface area contributed by atoms with Crippen LogP contribution in [0.5, 0.6) is 0 Å². The summed E-state index contributed by atoms with van der Waals surface area (Å²) in [5.74, 6) is 4.69. The Hall–Kier alpha value is -0.0400. The van der Waals surface area contributed by atoms with E-state index in [1.165, 1.54) is 25.7 Å². The third-order valence-electron chi connectivity index (χ3n) is 5.49. The molecule has 0 amide bonds. The molecule has 0 aromatic rings. The van der Waals surface area contributed by atoms with Crippen LogP contribution in [0.15, 0.2) is 0 Å². The van der Waals surface area contributed by atoms with Crippen molar-refractivity contribution in [3.05, 3.63) is 0 Å². The zero-order valence-corrected chi connectivity index (χ0v) is 8.79. The fourth-order valence-corrected chi connectivity index (χ4v) is 4.71. The molecule has 2 N–H and O–H groups in total. The standard InChI is InChI=1S/C12H21N/c1-7-5-10-8-3-4-9(6-8)11(10)12(7,2)13/h7-11H,3-6,13H2,1-2H3. The first kappa shape index (κ1) is 8.28. The Morgan fingerprint density at radius 2 is 1.85 bits per heavy atom. The van der Waals surface area contributed by atoms with Gasteiger partial charge in [-0.1, -0.05) is 6.92 Å². The molecule has 3 saturated carbocycles. The first-order valence-corrected chi connectivity index (χ1v) is 5.89. The van der Waals surface area contributed by atoms with E-state index < -0.39 is 0 Å². The summed E-state index contributed by atoms with van der Waals surface area (Å²) in [5.41, 5.74) is 6.65. The maximum atomic E-state index is 6.49. The van der Waals surface area contributed by atoms with E-state index >= 15 is 0 Å². The Morgan fingerprint density at radius 1 is 1.15 bits per heavy atom. The SMILES string of the molecule is CC1CC2C3CCC(C3)C2C1(C)N. The predicted molar refractivity (Wildman–Crippen MR) is 54.2 cm³/mol. The van der Waals surface area contributed by atoms with E-state index in [2.05, 4.69) is 13.8 Å². The largest absolute Gasteiger partial charge is 0.325 e. The third-order valence-corrected chi connectivity index (χ3v) is 5.49. The van der Waals surface area contributed by atoms with Gasteiger partial charge in [0.1, 0.15) is 0 Å². The van der Waals surface area contributed by atoms with E-state index in [1.807, 2.05) is 0 Å². The van der Waals surface area contributed by atoms with Gasteiger partial charge in [-0.05, 0) is 62.2 Å². The summed E-state index contributed by atoms with van der Waals surface area (Å²) in [6, 6.07) is 0. The van der Waals surface area contributed by atoms with E-state index in [1.54, 1.807) is 0 Å². The summed E-state index contributed by atoms with van der Waals surface area (Å²) in [6.45, 7) is 4.67. The molecule has 1 heteroatoms. The highest BCUT2D eigenvalue weighted by Gasteiger charge is 2.59. The lowest BCUT2D eigenvalue weighted by Crippen LogP contribution is -2.47. The number of rotatable bonds is 0. The van der Waals surface area contributed by atoms with Gasteiger partial charge in [0.05, 0.1) is 0 Å². The Morgan fingerprint density at radius 3 is 2.54 bits per heavy atom. The van der Waals surface area contributed by atoms with Crippen molar-refractivity contribution in [2.24, 2.45) is 35.3 Å². The molecule has 2 bridgehead atoms. The molecule has 6 atom stereocenters. The van der Waals surface area contributed by atoms with Gasteiger partial charge in [-0.2, -0.15) is 0 Å². The number of hydrogen-bond acceptors (Lipinski definition) is 1. The average Bonchev–Trinajstić information content (AvgIpc) is 2.66. The van der Waals surface area contributed by atoms with Crippen LogP contribution in [0, 0.1) is 29.6 Å². The molecular formula is C12H21N. The van der Waals surface area contributed by atoms with Crippen LogP contribution in [-0.2, 0) is 0 Å². The lowest BCUT2D eigenvalue weighted by atomic mass is 9.74. The van der Waals surface area contributed by atoms with Gasteiger partial charge in [0.2, 0.25) is 0 Å². The molecule has 0 saturated heterocycles. The Labute approximate surface area is 81.1 Å². The zero-order valence-electron chi connectivity index (χ0n) is 8.79. The van der Waals surface area contributed by atoms with E-state index in [9.17, 15) is 0 Å². The van der Waals surface area contributed by atoms with Crippen molar-refractivity contribution in [2.45, 2.75) is 45.1 Å². The van der Waals surface area contributed by atoms with Gasteiger partial charge < -0.3 is 5.73 Å². The first-order chi connectivity index (χ1) is 6.10. The molecule has 0 spiro atoms. The van der Waals surface area contributed by atoms with Crippen molar-refractivity contribution in [2.75, 3.05) is 0 Å². The normalized spacial score (nSPS) is 64.4. The minimum absolute atomic E-state index is 0.157.